The quantitative estimate of drug-likeness (QED) is 0.525. The second-order valence-electron chi connectivity index (χ2n) is 6.16. The van der Waals surface area contributed by atoms with Crippen LogP contribution in [-0.2, 0) is 19.5 Å². The number of nitrogens with zero attached hydrogens (tertiary/aromatic N) is 4. The van der Waals surface area contributed by atoms with Crippen LogP contribution >= 0.6 is 0 Å². The van der Waals surface area contributed by atoms with Crippen LogP contribution in [0.3, 0.4) is 0 Å². The van der Waals surface area contributed by atoms with Crippen molar-refractivity contribution >= 4 is 22.5 Å². The van der Waals surface area contributed by atoms with Gasteiger partial charge in [0.1, 0.15) is 12.1 Å². The molecule has 6 heteroatoms. The number of hydrogen-bond acceptors (Lipinski definition) is 5. The third kappa shape index (κ3) is 3.49. The summed E-state index contributed by atoms with van der Waals surface area (Å²) in [5.41, 5.74) is 9.82. The Bertz CT molecular complexity index is 1010. The van der Waals surface area contributed by atoms with E-state index in [-0.39, 0.29) is 0 Å². The van der Waals surface area contributed by atoms with E-state index >= 15 is 0 Å². The number of aromatic nitrogens is 4. The van der Waals surface area contributed by atoms with Crippen LogP contribution in [0.2, 0.25) is 0 Å². The van der Waals surface area contributed by atoms with E-state index in [0.29, 0.717) is 6.54 Å². The van der Waals surface area contributed by atoms with Crippen LogP contribution in [0.4, 0.5) is 11.5 Å². The first-order valence-electron chi connectivity index (χ1n) is 8.58. The third-order valence-corrected chi connectivity index (χ3v) is 4.30. The lowest BCUT2D eigenvalue weighted by molar-refractivity contribution is 0.629. The highest BCUT2D eigenvalue weighted by Crippen LogP contribution is 2.20. The first kappa shape index (κ1) is 16.1. The van der Waals surface area contributed by atoms with Gasteiger partial charge in [-0.3, -0.25) is 0 Å². The summed E-state index contributed by atoms with van der Waals surface area (Å²) in [4.78, 5) is 8.78. The van der Waals surface area contributed by atoms with Crippen LogP contribution in [0.1, 0.15) is 11.1 Å². The fraction of sp³-hybridized carbons (Fsp3) is 0.150. The first-order chi connectivity index (χ1) is 12.8. The summed E-state index contributed by atoms with van der Waals surface area (Å²) in [5, 5.41) is 8.77. The second kappa shape index (κ2) is 7.23. The molecule has 0 unspecified atom stereocenters. The van der Waals surface area contributed by atoms with E-state index in [1.807, 2.05) is 41.2 Å². The molecule has 3 N–H and O–H groups in total. The Labute approximate surface area is 151 Å². The smallest absolute Gasteiger partial charge is 0.163 e. The predicted molar refractivity (Wildman–Crippen MR) is 104 cm³/mol. The molecular formula is C20H20N6. The number of benzene rings is 2. The molecule has 0 fully saturated rings. The van der Waals surface area contributed by atoms with E-state index in [9.17, 15) is 0 Å². The molecule has 6 nitrogen and oxygen atoms in total. The van der Waals surface area contributed by atoms with Gasteiger partial charge in [0.25, 0.3) is 0 Å². The van der Waals surface area contributed by atoms with Crippen LogP contribution in [0.25, 0.3) is 11.0 Å². The van der Waals surface area contributed by atoms with Gasteiger partial charge in [0.15, 0.2) is 5.65 Å². The minimum atomic E-state index is 0.645. The minimum absolute atomic E-state index is 0.645. The Balaban J connectivity index is 1.51. The summed E-state index contributed by atoms with van der Waals surface area (Å²) in [6.45, 7) is 1.42. The van der Waals surface area contributed by atoms with Crippen LogP contribution in [0.15, 0.2) is 67.1 Å². The highest BCUT2D eigenvalue weighted by atomic mass is 15.3. The predicted octanol–water partition coefficient (Wildman–Crippen LogP) is 3.26. The first-order valence-corrected chi connectivity index (χ1v) is 8.58. The van der Waals surface area contributed by atoms with E-state index in [1.165, 1.54) is 5.56 Å². The van der Waals surface area contributed by atoms with Gasteiger partial charge in [-0.15, -0.1) is 0 Å². The van der Waals surface area contributed by atoms with E-state index < -0.39 is 0 Å². The van der Waals surface area contributed by atoms with E-state index in [0.717, 1.165) is 41.1 Å². The van der Waals surface area contributed by atoms with Crippen LogP contribution < -0.4 is 11.1 Å². The van der Waals surface area contributed by atoms with E-state index in [2.05, 4.69) is 44.6 Å². The summed E-state index contributed by atoms with van der Waals surface area (Å²) < 4.78 is 1.93. The maximum Gasteiger partial charge on any atom is 0.163 e. The molecular weight excluding hydrogens is 324 g/mol. The number of rotatable bonds is 6. The molecule has 0 atom stereocenters. The number of fused-ring (bicyclic) bond motifs is 1. The molecule has 4 aromatic rings. The number of nitrogen functional groups attached to an aromatic ring is 1. The number of nitrogens with one attached hydrogen (secondary N) is 1. The van der Waals surface area contributed by atoms with Crippen molar-refractivity contribution in [2.75, 3.05) is 11.1 Å². The van der Waals surface area contributed by atoms with Crippen LogP contribution in [0.5, 0.6) is 0 Å². The van der Waals surface area contributed by atoms with Crippen molar-refractivity contribution in [3.05, 3.63) is 78.2 Å². The van der Waals surface area contributed by atoms with Gasteiger partial charge < -0.3 is 11.1 Å². The summed E-state index contributed by atoms with van der Waals surface area (Å²) in [6, 6.07) is 18.2. The molecule has 4 rings (SSSR count). The molecule has 26 heavy (non-hydrogen) atoms. The van der Waals surface area contributed by atoms with Gasteiger partial charge in [0.05, 0.1) is 11.6 Å². The van der Waals surface area contributed by atoms with Gasteiger partial charge in [-0.05, 0) is 29.7 Å². The van der Waals surface area contributed by atoms with E-state index in [4.69, 9.17) is 5.73 Å². The summed E-state index contributed by atoms with van der Waals surface area (Å²) >= 11 is 0. The monoisotopic (exact) mass is 344 g/mol. The molecule has 0 spiro atoms. The molecule has 0 saturated carbocycles. The third-order valence-electron chi connectivity index (χ3n) is 4.30. The second-order valence-corrected chi connectivity index (χ2v) is 6.16. The van der Waals surface area contributed by atoms with Gasteiger partial charge in [0, 0.05) is 18.8 Å². The lowest BCUT2D eigenvalue weighted by atomic mass is 10.1. The van der Waals surface area contributed by atoms with Gasteiger partial charge in [0.2, 0.25) is 0 Å². The normalized spacial score (nSPS) is 10.9. The van der Waals surface area contributed by atoms with Crippen molar-refractivity contribution < 1.29 is 0 Å². The van der Waals surface area contributed by atoms with Gasteiger partial charge in [-0.1, -0.05) is 42.5 Å². The average molecular weight is 344 g/mol. The topological polar surface area (TPSA) is 81.7 Å². The Morgan fingerprint density at radius 2 is 1.81 bits per heavy atom. The molecule has 130 valence electrons. The molecule has 0 aliphatic carbocycles. The SMILES string of the molecule is Nc1cccc(CNc2ncnc3c2cnn3CCc2ccccc2)c1. The van der Waals surface area contributed by atoms with Gasteiger partial charge >= 0.3 is 0 Å². The maximum absolute atomic E-state index is 5.84. The fourth-order valence-corrected chi connectivity index (χ4v) is 2.97. The Kier molecular flexibility index (Phi) is 4.47. The maximum atomic E-state index is 5.84. The number of hydrogen-bond donors (Lipinski definition) is 2. The zero-order chi connectivity index (χ0) is 17.8. The Morgan fingerprint density at radius 3 is 2.65 bits per heavy atom. The van der Waals surface area contributed by atoms with Crippen molar-refractivity contribution in [2.24, 2.45) is 0 Å². The van der Waals surface area contributed by atoms with Crippen LogP contribution in [-0.4, -0.2) is 19.7 Å². The molecule has 0 aliphatic heterocycles. The zero-order valence-corrected chi connectivity index (χ0v) is 14.3. The zero-order valence-electron chi connectivity index (χ0n) is 14.3. The van der Waals surface area contributed by atoms with Crippen molar-refractivity contribution in [3.63, 3.8) is 0 Å². The molecule has 2 heterocycles. The number of aryl methyl sites for hydroxylation is 2. The number of anilines is 2. The highest BCUT2D eigenvalue weighted by Gasteiger charge is 2.09. The van der Waals surface area contributed by atoms with Crippen LogP contribution in [0, 0.1) is 0 Å². The molecule has 2 aromatic heterocycles. The number of nitrogens with two attached hydrogens (primary N) is 1. The molecule has 0 aliphatic rings. The lowest BCUT2D eigenvalue weighted by Gasteiger charge is -2.08. The largest absolute Gasteiger partial charge is 0.399 e. The molecule has 0 amide bonds. The average Bonchev–Trinajstić information content (AvgIpc) is 3.09. The standard InChI is InChI=1S/C20H20N6/c21-17-8-4-7-16(11-17)12-22-19-18-13-25-26(20(18)24-14-23-19)10-9-15-5-2-1-3-6-15/h1-8,11,13-14H,9-10,12,21H2,(H,22,23,24). The summed E-state index contributed by atoms with van der Waals surface area (Å²) in [5.74, 6) is 0.781. The lowest BCUT2D eigenvalue weighted by Crippen LogP contribution is -2.05. The van der Waals surface area contributed by atoms with Crippen molar-refractivity contribution in [1.82, 2.24) is 19.7 Å². The summed E-state index contributed by atoms with van der Waals surface area (Å²) in [7, 11) is 0. The molecule has 0 radical (unpaired) electrons. The Morgan fingerprint density at radius 1 is 0.962 bits per heavy atom. The minimum Gasteiger partial charge on any atom is -0.399 e. The van der Waals surface area contributed by atoms with E-state index in [1.54, 1.807) is 6.33 Å². The van der Waals surface area contributed by atoms with Crippen molar-refractivity contribution in [1.29, 1.82) is 0 Å². The van der Waals surface area contributed by atoms with Gasteiger partial charge in [-0.25, -0.2) is 14.6 Å². The highest BCUT2D eigenvalue weighted by molar-refractivity contribution is 5.86. The molecule has 0 saturated heterocycles. The Hall–Kier alpha value is -3.41. The van der Waals surface area contributed by atoms with Crippen molar-refractivity contribution in [3.8, 4) is 0 Å². The summed E-state index contributed by atoms with van der Waals surface area (Å²) in [6.07, 6.45) is 4.31. The fourth-order valence-electron chi connectivity index (χ4n) is 2.97. The van der Waals surface area contributed by atoms with Crippen molar-refractivity contribution in [2.45, 2.75) is 19.5 Å². The van der Waals surface area contributed by atoms with Gasteiger partial charge in [-0.2, -0.15) is 5.10 Å². The molecule has 2 aromatic carbocycles. The molecule has 0 bridgehead atoms.